The van der Waals surface area contributed by atoms with Crippen molar-refractivity contribution in [1.82, 2.24) is 14.8 Å². The maximum Gasteiger partial charge on any atom is 0.333 e. The van der Waals surface area contributed by atoms with E-state index < -0.39 is 0 Å². The highest BCUT2D eigenvalue weighted by molar-refractivity contribution is 7.18. The molecule has 3 aromatic rings. The highest BCUT2D eigenvalue weighted by Crippen LogP contribution is 2.43. The molecule has 0 N–H and O–H groups in total. The van der Waals surface area contributed by atoms with Gasteiger partial charge >= 0.3 is 5.69 Å². The van der Waals surface area contributed by atoms with E-state index in [1.54, 1.807) is 30.0 Å². The van der Waals surface area contributed by atoms with Gasteiger partial charge in [0.25, 0.3) is 0 Å². The smallest absolute Gasteiger partial charge is 0.333 e. The number of nitrogens with zero attached hydrogens (tertiary/aromatic N) is 5. The van der Waals surface area contributed by atoms with Crippen LogP contribution in [0.4, 0.5) is 11.5 Å². The molecule has 4 rings (SSSR count). The lowest BCUT2D eigenvalue weighted by atomic mass is 10.2. The van der Waals surface area contributed by atoms with E-state index in [9.17, 15) is 10.1 Å². The van der Waals surface area contributed by atoms with Gasteiger partial charge in [-0.1, -0.05) is 12.1 Å². The first-order chi connectivity index (χ1) is 11.6. The Morgan fingerprint density at radius 2 is 2.17 bits per heavy atom. The zero-order chi connectivity index (χ0) is 16.8. The summed E-state index contributed by atoms with van der Waals surface area (Å²) in [5.74, 6) is 0.583. The molecule has 1 aliphatic rings. The van der Waals surface area contributed by atoms with E-state index in [4.69, 9.17) is 4.98 Å². The van der Waals surface area contributed by atoms with Crippen LogP contribution in [0.15, 0.2) is 24.3 Å². The van der Waals surface area contributed by atoms with E-state index in [1.807, 2.05) is 18.2 Å². The predicted octanol–water partition coefficient (Wildman–Crippen LogP) is 3.59. The van der Waals surface area contributed by atoms with Gasteiger partial charge in [-0.15, -0.1) is 11.3 Å². The Bertz CT molecular complexity index is 899. The van der Waals surface area contributed by atoms with Gasteiger partial charge in [0.1, 0.15) is 10.7 Å². The van der Waals surface area contributed by atoms with Crippen LogP contribution in [-0.4, -0.2) is 26.2 Å². The highest BCUT2D eigenvalue weighted by atomic mass is 32.1. The standard InChI is InChI=1S/C16H17N5O2S/c1-10-14(21(22)23)16(19(2)18-10)20-9-5-7-12(20)15-17-11-6-3-4-8-13(11)24-15/h3-4,6,8,12H,5,7,9H2,1-2H3. The van der Waals surface area contributed by atoms with Crippen LogP contribution in [0.2, 0.25) is 0 Å². The van der Waals surface area contributed by atoms with Crippen molar-refractivity contribution in [1.29, 1.82) is 0 Å². The number of nitro groups is 1. The van der Waals surface area contributed by atoms with Crippen LogP contribution in [0.1, 0.15) is 29.6 Å². The van der Waals surface area contributed by atoms with Gasteiger partial charge in [0.15, 0.2) is 0 Å². The minimum absolute atomic E-state index is 0.0656. The molecule has 2 aromatic heterocycles. The summed E-state index contributed by atoms with van der Waals surface area (Å²) in [5.41, 5.74) is 1.54. The van der Waals surface area contributed by atoms with Crippen molar-refractivity contribution >= 4 is 33.1 Å². The highest BCUT2D eigenvalue weighted by Gasteiger charge is 2.36. The summed E-state index contributed by atoms with van der Waals surface area (Å²) < 4.78 is 2.77. The molecule has 0 radical (unpaired) electrons. The summed E-state index contributed by atoms with van der Waals surface area (Å²) in [5, 5.41) is 16.8. The zero-order valence-corrected chi connectivity index (χ0v) is 14.3. The lowest BCUT2D eigenvalue weighted by Crippen LogP contribution is -2.25. The maximum absolute atomic E-state index is 11.5. The minimum atomic E-state index is -0.328. The summed E-state index contributed by atoms with van der Waals surface area (Å²) in [4.78, 5) is 18.0. The topological polar surface area (TPSA) is 77.1 Å². The molecule has 1 saturated heterocycles. The summed E-state index contributed by atoms with van der Waals surface area (Å²) in [7, 11) is 1.77. The van der Waals surface area contributed by atoms with E-state index in [2.05, 4.69) is 16.1 Å². The van der Waals surface area contributed by atoms with Crippen LogP contribution in [-0.2, 0) is 7.05 Å². The molecule has 1 aliphatic heterocycles. The second kappa shape index (κ2) is 5.55. The Hall–Kier alpha value is -2.48. The number of rotatable bonds is 3. The maximum atomic E-state index is 11.5. The van der Waals surface area contributed by atoms with E-state index >= 15 is 0 Å². The van der Waals surface area contributed by atoms with Crippen LogP contribution >= 0.6 is 11.3 Å². The van der Waals surface area contributed by atoms with Gasteiger partial charge in [-0.3, -0.25) is 10.1 Å². The number of thiazole rings is 1. The van der Waals surface area contributed by atoms with Crippen molar-refractivity contribution in [2.75, 3.05) is 11.4 Å². The monoisotopic (exact) mass is 343 g/mol. The normalized spacial score (nSPS) is 17.8. The van der Waals surface area contributed by atoms with E-state index in [0.29, 0.717) is 11.5 Å². The molecule has 1 fully saturated rings. The SMILES string of the molecule is Cc1nn(C)c(N2CCCC2c2nc3ccccc3s2)c1[N+](=O)[O-]. The van der Waals surface area contributed by atoms with E-state index in [-0.39, 0.29) is 16.7 Å². The summed E-state index contributed by atoms with van der Waals surface area (Å²) >= 11 is 1.67. The van der Waals surface area contributed by atoms with Gasteiger partial charge in [-0.25, -0.2) is 9.67 Å². The van der Waals surface area contributed by atoms with Gasteiger partial charge in [0.2, 0.25) is 5.82 Å². The quantitative estimate of drug-likeness (QED) is 0.536. The molecule has 1 aromatic carbocycles. The van der Waals surface area contributed by atoms with Crippen LogP contribution < -0.4 is 4.90 Å². The average Bonchev–Trinajstić information content (AvgIpc) is 3.22. The zero-order valence-electron chi connectivity index (χ0n) is 13.5. The molecule has 0 amide bonds. The minimum Gasteiger partial charge on any atom is -0.342 e. The summed E-state index contributed by atoms with van der Waals surface area (Å²) in [6.07, 6.45) is 1.93. The number of fused-ring (bicyclic) bond motifs is 1. The van der Waals surface area contributed by atoms with Crippen molar-refractivity contribution in [3.8, 4) is 0 Å². The number of aromatic nitrogens is 3. The fourth-order valence-electron chi connectivity index (χ4n) is 3.48. The van der Waals surface area contributed by atoms with Gasteiger partial charge in [-0.05, 0) is 31.9 Å². The van der Waals surface area contributed by atoms with E-state index in [0.717, 1.165) is 34.6 Å². The Labute approximate surface area is 142 Å². The molecule has 3 heterocycles. The second-order valence-corrected chi connectivity index (χ2v) is 7.07. The van der Waals surface area contributed by atoms with Crippen LogP contribution in [0.25, 0.3) is 10.2 Å². The fraction of sp³-hybridized carbons (Fsp3) is 0.375. The Morgan fingerprint density at radius 1 is 1.38 bits per heavy atom. The first-order valence-corrected chi connectivity index (χ1v) is 8.68. The Balaban J connectivity index is 1.80. The van der Waals surface area contributed by atoms with Crippen molar-refractivity contribution in [3.05, 3.63) is 45.1 Å². The molecule has 1 unspecified atom stereocenters. The molecule has 24 heavy (non-hydrogen) atoms. The Kier molecular flexibility index (Phi) is 3.49. The number of benzene rings is 1. The van der Waals surface area contributed by atoms with Crippen molar-refractivity contribution in [2.45, 2.75) is 25.8 Å². The third-order valence-electron chi connectivity index (χ3n) is 4.46. The molecule has 0 bridgehead atoms. The molecule has 1 atom stereocenters. The van der Waals surface area contributed by atoms with Crippen LogP contribution in [0.5, 0.6) is 0 Å². The number of aryl methyl sites for hydroxylation is 2. The molecular formula is C16H17N5O2S. The molecule has 8 heteroatoms. The molecule has 0 spiro atoms. The molecular weight excluding hydrogens is 326 g/mol. The predicted molar refractivity (Wildman–Crippen MR) is 93.5 cm³/mol. The van der Waals surface area contributed by atoms with Crippen molar-refractivity contribution < 1.29 is 4.92 Å². The first-order valence-electron chi connectivity index (χ1n) is 7.86. The average molecular weight is 343 g/mol. The van der Waals surface area contributed by atoms with E-state index in [1.165, 1.54) is 0 Å². The summed E-state index contributed by atoms with van der Waals surface area (Å²) in [6, 6.07) is 8.12. The lowest BCUT2D eigenvalue weighted by molar-refractivity contribution is -0.384. The number of hydrogen-bond acceptors (Lipinski definition) is 6. The molecule has 0 aliphatic carbocycles. The fourth-order valence-corrected chi connectivity index (χ4v) is 4.60. The summed E-state index contributed by atoms with van der Waals surface area (Å²) in [6.45, 7) is 2.46. The molecule has 124 valence electrons. The Morgan fingerprint density at radius 3 is 2.92 bits per heavy atom. The molecule has 0 saturated carbocycles. The van der Waals surface area contributed by atoms with Gasteiger partial charge in [0.05, 0.1) is 21.2 Å². The first kappa shape index (κ1) is 15.1. The number of anilines is 1. The van der Waals surface area contributed by atoms with Crippen molar-refractivity contribution in [3.63, 3.8) is 0 Å². The van der Waals surface area contributed by atoms with Crippen LogP contribution in [0.3, 0.4) is 0 Å². The van der Waals surface area contributed by atoms with Gasteiger partial charge in [-0.2, -0.15) is 5.10 Å². The number of hydrogen-bond donors (Lipinski definition) is 0. The van der Waals surface area contributed by atoms with Crippen LogP contribution in [0, 0.1) is 17.0 Å². The third kappa shape index (κ3) is 2.25. The van der Waals surface area contributed by atoms with Gasteiger partial charge < -0.3 is 4.90 Å². The molecule has 7 nitrogen and oxygen atoms in total. The third-order valence-corrected chi connectivity index (χ3v) is 5.60. The van der Waals surface area contributed by atoms with Gasteiger partial charge in [0, 0.05) is 13.6 Å². The second-order valence-electron chi connectivity index (χ2n) is 6.01. The number of para-hydroxylation sites is 1. The lowest BCUT2D eigenvalue weighted by Gasteiger charge is -2.24. The largest absolute Gasteiger partial charge is 0.342 e. The van der Waals surface area contributed by atoms with Crippen molar-refractivity contribution in [2.24, 2.45) is 7.05 Å².